The third kappa shape index (κ3) is 2.88. The van der Waals surface area contributed by atoms with Crippen LogP contribution in [0.4, 0.5) is 0 Å². The van der Waals surface area contributed by atoms with Crippen LogP contribution in [-0.4, -0.2) is 6.10 Å². The van der Waals surface area contributed by atoms with Gasteiger partial charge in [0.05, 0.1) is 11.9 Å². The van der Waals surface area contributed by atoms with Crippen molar-refractivity contribution in [2.24, 2.45) is 5.41 Å². The molecule has 0 saturated heterocycles. The summed E-state index contributed by atoms with van der Waals surface area (Å²) in [6, 6.07) is 0. The Morgan fingerprint density at radius 1 is 1.42 bits per heavy atom. The van der Waals surface area contributed by atoms with Gasteiger partial charge < -0.3 is 4.74 Å². The van der Waals surface area contributed by atoms with Gasteiger partial charge in [0.15, 0.2) is 0 Å². The molecule has 0 heterocycles. The zero-order valence-corrected chi connectivity index (χ0v) is 8.68. The first-order valence-corrected chi connectivity index (χ1v) is 4.85. The van der Waals surface area contributed by atoms with Gasteiger partial charge in [-0.3, -0.25) is 0 Å². The van der Waals surface area contributed by atoms with Crippen molar-refractivity contribution < 1.29 is 4.74 Å². The molecule has 0 fully saturated rings. The molecule has 1 nitrogen and oxygen atoms in total. The Balaban J connectivity index is 2.45. The first-order valence-electron chi connectivity index (χ1n) is 4.85. The van der Waals surface area contributed by atoms with Gasteiger partial charge in [-0.25, -0.2) is 0 Å². The Labute approximate surface area is 75.8 Å². The normalized spacial score (nSPS) is 22.2. The second-order valence-corrected chi connectivity index (χ2v) is 4.71. The monoisotopic (exact) mass is 168 g/mol. The molecule has 1 rings (SSSR count). The fourth-order valence-corrected chi connectivity index (χ4v) is 1.47. The zero-order chi connectivity index (χ0) is 9.19. The van der Waals surface area contributed by atoms with E-state index >= 15 is 0 Å². The molecule has 0 atom stereocenters. The van der Waals surface area contributed by atoms with E-state index in [1.807, 2.05) is 0 Å². The maximum Gasteiger partial charge on any atom is 0.0926 e. The molecule has 1 heteroatoms. The topological polar surface area (TPSA) is 9.23 Å². The van der Waals surface area contributed by atoms with Crippen molar-refractivity contribution in [3.8, 4) is 0 Å². The summed E-state index contributed by atoms with van der Waals surface area (Å²) < 4.78 is 5.65. The number of ether oxygens (including phenoxy) is 1. The summed E-state index contributed by atoms with van der Waals surface area (Å²) in [4.78, 5) is 0. The van der Waals surface area contributed by atoms with Gasteiger partial charge in [-0.1, -0.05) is 13.8 Å². The van der Waals surface area contributed by atoms with E-state index in [1.165, 1.54) is 12.2 Å². The molecule has 0 aromatic carbocycles. The molecule has 0 unspecified atom stereocenters. The van der Waals surface area contributed by atoms with Gasteiger partial charge in [-0.2, -0.15) is 0 Å². The minimum Gasteiger partial charge on any atom is -0.496 e. The van der Waals surface area contributed by atoms with Crippen molar-refractivity contribution in [3.05, 3.63) is 11.8 Å². The van der Waals surface area contributed by atoms with Gasteiger partial charge in [0.2, 0.25) is 0 Å². The van der Waals surface area contributed by atoms with Gasteiger partial charge in [0.1, 0.15) is 0 Å². The first-order chi connectivity index (χ1) is 5.49. The fraction of sp³-hybridized carbons (Fsp3) is 0.818. The SMILES string of the molecule is CC(C)OC1=CCC(C)(C)CC1. The van der Waals surface area contributed by atoms with E-state index in [0.717, 1.165) is 12.8 Å². The predicted molar refractivity (Wildman–Crippen MR) is 51.9 cm³/mol. The second kappa shape index (κ2) is 3.51. The minimum atomic E-state index is 0.331. The van der Waals surface area contributed by atoms with Crippen LogP contribution < -0.4 is 0 Å². The molecule has 0 aromatic rings. The second-order valence-electron chi connectivity index (χ2n) is 4.71. The summed E-state index contributed by atoms with van der Waals surface area (Å²) in [6.07, 6.45) is 6.12. The van der Waals surface area contributed by atoms with Crippen molar-refractivity contribution in [2.45, 2.75) is 53.1 Å². The lowest BCUT2D eigenvalue weighted by molar-refractivity contribution is 0.122. The van der Waals surface area contributed by atoms with Crippen LogP contribution in [0.15, 0.2) is 11.8 Å². The molecule has 0 N–H and O–H groups in total. The van der Waals surface area contributed by atoms with Crippen LogP contribution in [0.25, 0.3) is 0 Å². The van der Waals surface area contributed by atoms with Crippen LogP contribution >= 0.6 is 0 Å². The van der Waals surface area contributed by atoms with Crippen LogP contribution in [0.2, 0.25) is 0 Å². The average molecular weight is 168 g/mol. The summed E-state index contributed by atoms with van der Waals surface area (Å²) >= 11 is 0. The van der Waals surface area contributed by atoms with Crippen LogP contribution in [0.1, 0.15) is 47.0 Å². The lowest BCUT2D eigenvalue weighted by atomic mass is 9.80. The highest BCUT2D eigenvalue weighted by molar-refractivity contribution is 5.02. The smallest absolute Gasteiger partial charge is 0.0926 e. The van der Waals surface area contributed by atoms with Gasteiger partial charge in [0, 0.05) is 6.42 Å². The van der Waals surface area contributed by atoms with Crippen LogP contribution in [0.3, 0.4) is 0 Å². The predicted octanol–water partition coefficient (Wildman–Crippen LogP) is 3.51. The van der Waals surface area contributed by atoms with Crippen LogP contribution in [-0.2, 0) is 4.74 Å². The van der Waals surface area contributed by atoms with E-state index in [9.17, 15) is 0 Å². The first kappa shape index (κ1) is 9.63. The highest BCUT2D eigenvalue weighted by Crippen LogP contribution is 2.34. The Morgan fingerprint density at radius 2 is 2.08 bits per heavy atom. The van der Waals surface area contributed by atoms with Crippen molar-refractivity contribution in [1.29, 1.82) is 0 Å². The standard InChI is InChI=1S/C11H20O/c1-9(2)12-10-5-7-11(3,4)8-6-10/h5,9H,6-8H2,1-4H3. The largest absolute Gasteiger partial charge is 0.496 e. The highest BCUT2D eigenvalue weighted by Gasteiger charge is 2.22. The third-order valence-electron chi connectivity index (χ3n) is 2.32. The average Bonchev–Trinajstić information content (AvgIpc) is 1.93. The van der Waals surface area contributed by atoms with E-state index in [2.05, 4.69) is 33.8 Å². The zero-order valence-electron chi connectivity index (χ0n) is 8.68. The molecule has 0 aliphatic heterocycles. The molecule has 12 heavy (non-hydrogen) atoms. The van der Waals surface area contributed by atoms with Gasteiger partial charge in [-0.05, 0) is 38.2 Å². The van der Waals surface area contributed by atoms with E-state index in [4.69, 9.17) is 4.74 Å². The van der Waals surface area contributed by atoms with Crippen LogP contribution in [0, 0.1) is 5.41 Å². The van der Waals surface area contributed by atoms with E-state index in [-0.39, 0.29) is 0 Å². The minimum absolute atomic E-state index is 0.331. The summed E-state index contributed by atoms with van der Waals surface area (Å²) in [5.41, 5.74) is 0.490. The Morgan fingerprint density at radius 3 is 2.50 bits per heavy atom. The molecule has 0 amide bonds. The van der Waals surface area contributed by atoms with E-state index < -0.39 is 0 Å². The molecule has 0 bridgehead atoms. The molecular formula is C11H20O. The van der Waals surface area contributed by atoms with Gasteiger partial charge in [0.25, 0.3) is 0 Å². The number of hydrogen-bond donors (Lipinski definition) is 0. The summed E-state index contributed by atoms with van der Waals surface area (Å²) in [7, 11) is 0. The summed E-state index contributed by atoms with van der Waals surface area (Å²) in [6.45, 7) is 8.80. The molecule has 0 radical (unpaired) electrons. The van der Waals surface area contributed by atoms with Crippen molar-refractivity contribution in [3.63, 3.8) is 0 Å². The number of hydrogen-bond acceptors (Lipinski definition) is 1. The molecule has 0 spiro atoms. The fourth-order valence-electron chi connectivity index (χ4n) is 1.47. The molecular weight excluding hydrogens is 148 g/mol. The Hall–Kier alpha value is -0.460. The number of allylic oxidation sites excluding steroid dienone is 2. The number of rotatable bonds is 2. The molecule has 70 valence electrons. The molecule has 0 saturated carbocycles. The maximum atomic E-state index is 5.65. The van der Waals surface area contributed by atoms with Crippen molar-refractivity contribution in [1.82, 2.24) is 0 Å². The maximum absolute atomic E-state index is 5.65. The van der Waals surface area contributed by atoms with Crippen molar-refractivity contribution in [2.75, 3.05) is 0 Å². The third-order valence-corrected chi connectivity index (χ3v) is 2.32. The summed E-state index contributed by atoms with van der Waals surface area (Å²) in [5.74, 6) is 1.20. The Bertz CT molecular complexity index is 177. The lowest BCUT2D eigenvalue weighted by Gasteiger charge is -2.29. The van der Waals surface area contributed by atoms with Gasteiger partial charge in [-0.15, -0.1) is 0 Å². The summed E-state index contributed by atoms with van der Waals surface area (Å²) in [5, 5.41) is 0. The molecule has 0 aromatic heterocycles. The molecule has 1 aliphatic rings. The molecule has 1 aliphatic carbocycles. The van der Waals surface area contributed by atoms with Crippen LogP contribution in [0.5, 0.6) is 0 Å². The Kier molecular flexibility index (Phi) is 2.81. The van der Waals surface area contributed by atoms with E-state index in [1.54, 1.807) is 0 Å². The van der Waals surface area contributed by atoms with Crippen molar-refractivity contribution >= 4 is 0 Å². The van der Waals surface area contributed by atoms with E-state index in [0.29, 0.717) is 11.5 Å². The lowest BCUT2D eigenvalue weighted by Crippen LogP contribution is -2.16. The highest BCUT2D eigenvalue weighted by atomic mass is 16.5. The van der Waals surface area contributed by atoms with Gasteiger partial charge >= 0.3 is 0 Å². The quantitative estimate of drug-likeness (QED) is 0.613.